The third kappa shape index (κ3) is 2.24. The molecule has 0 bridgehead atoms. The lowest BCUT2D eigenvalue weighted by molar-refractivity contribution is 0.0527. The van der Waals surface area contributed by atoms with Gasteiger partial charge in [-0.3, -0.25) is 10.8 Å². The molecule has 100 valence electrons. The number of nitrogens with one attached hydrogen (secondary N) is 1. The maximum atomic E-state index is 11.9. The molecule has 3 N–H and O–H groups in total. The Morgan fingerprint density at radius 3 is 2.79 bits per heavy atom. The normalized spacial score (nSPS) is 10.5. The van der Waals surface area contributed by atoms with Crippen LogP contribution in [0, 0.1) is 13.8 Å². The number of carbonyl (C=O) groups excluding carboxylic acids is 1. The molecule has 2 rings (SSSR count). The highest BCUT2D eigenvalue weighted by Gasteiger charge is 2.16. The van der Waals surface area contributed by atoms with E-state index in [1.807, 2.05) is 26.0 Å². The maximum absolute atomic E-state index is 11.9. The Hall–Kier alpha value is -2.14. The van der Waals surface area contributed by atoms with Crippen LogP contribution in [0.25, 0.3) is 10.9 Å². The number of nitrogens with two attached hydrogens (primary N) is 1. The Morgan fingerprint density at radius 2 is 2.16 bits per heavy atom. The van der Waals surface area contributed by atoms with Gasteiger partial charge < -0.3 is 10.2 Å². The zero-order valence-corrected chi connectivity index (χ0v) is 11.3. The summed E-state index contributed by atoms with van der Waals surface area (Å²) in [6.45, 7) is 6.09. The monoisotopic (exact) mass is 259 g/mol. The second kappa shape index (κ2) is 5.24. The lowest BCUT2D eigenvalue weighted by Gasteiger charge is -2.13. The van der Waals surface area contributed by atoms with Crippen LogP contribution in [0.2, 0.25) is 0 Å². The number of fused-ring (bicyclic) bond motifs is 1. The fourth-order valence-electron chi connectivity index (χ4n) is 2.03. The molecule has 0 saturated heterocycles. The van der Waals surface area contributed by atoms with Crippen LogP contribution in [0.5, 0.6) is 0 Å². The number of ether oxygens (including phenoxy) is 1. The second-order valence-electron chi connectivity index (χ2n) is 4.32. The number of anilines is 1. The number of hydrogen-bond acceptors (Lipinski definition) is 5. The van der Waals surface area contributed by atoms with E-state index in [0.29, 0.717) is 17.9 Å². The highest BCUT2D eigenvalue weighted by atomic mass is 16.5. The van der Waals surface area contributed by atoms with Crippen molar-refractivity contribution in [3.05, 3.63) is 35.0 Å². The summed E-state index contributed by atoms with van der Waals surface area (Å²) in [5.74, 6) is 5.13. The zero-order valence-electron chi connectivity index (χ0n) is 11.3. The van der Waals surface area contributed by atoms with Gasteiger partial charge in [-0.05, 0) is 31.9 Å². The highest BCUT2D eigenvalue weighted by Crippen LogP contribution is 2.29. The number of benzene rings is 1. The van der Waals surface area contributed by atoms with Crippen LogP contribution in [-0.2, 0) is 4.74 Å². The van der Waals surface area contributed by atoms with Crippen molar-refractivity contribution < 1.29 is 9.53 Å². The molecule has 0 saturated carbocycles. The fraction of sp³-hybridized carbons (Fsp3) is 0.286. The van der Waals surface area contributed by atoms with Crippen molar-refractivity contribution in [1.29, 1.82) is 0 Å². The van der Waals surface area contributed by atoms with Crippen molar-refractivity contribution in [2.75, 3.05) is 12.0 Å². The molecule has 1 heterocycles. The molecule has 5 heteroatoms. The topological polar surface area (TPSA) is 77.2 Å². The second-order valence-corrected chi connectivity index (χ2v) is 4.32. The molecule has 0 spiro atoms. The van der Waals surface area contributed by atoms with E-state index in [1.165, 1.54) is 6.20 Å². The largest absolute Gasteiger partial charge is 0.462 e. The number of esters is 1. The molecule has 0 atom stereocenters. The summed E-state index contributed by atoms with van der Waals surface area (Å²) in [6.07, 6.45) is 1.50. The molecule has 0 fully saturated rings. The van der Waals surface area contributed by atoms with E-state index in [1.54, 1.807) is 6.92 Å². The number of nitrogens with zero attached hydrogens (tertiary/aromatic N) is 1. The van der Waals surface area contributed by atoms with Crippen molar-refractivity contribution in [1.82, 2.24) is 4.98 Å². The average Bonchev–Trinajstić information content (AvgIpc) is 2.41. The Morgan fingerprint density at radius 1 is 1.42 bits per heavy atom. The third-order valence-electron chi connectivity index (χ3n) is 3.20. The summed E-state index contributed by atoms with van der Waals surface area (Å²) in [6, 6.07) is 3.89. The molecule has 0 aliphatic carbocycles. The number of hydrogen-bond donors (Lipinski definition) is 2. The van der Waals surface area contributed by atoms with Crippen LogP contribution in [-0.4, -0.2) is 17.6 Å². The first-order chi connectivity index (χ1) is 9.10. The van der Waals surface area contributed by atoms with Crippen LogP contribution >= 0.6 is 0 Å². The van der Waals surface area contributed by atoms with E-state index < -0.39 is 5.97 Å². The lowest BCUT2D eigenvalue weighted by Crippen LogP contribution is -2.15. The van der Waals surface area contributed by atoms with Gasteiger partial charge in [-0.15, -0.1) is 0 Å². The molecule has 0 unspecified atom stereocenters. The number of pyridine rings is 1. The summed E-state index contributed by atoms with van der Waals surface area (Å²) in [5.41, 5.74) is 6.53. The van der Waals surface area contributed by atoms with Gasteiger partial charge in [0.1, 0.15) is 5.56 Å². The van der Waals surface area contributed by atoms with Crippen LogP contribution in [0.15, 0.2) is 18.3 Å². The Bertz CT molecular complexity index is 638. The van der Waals surface area contributed by atoms with Gasteiger partial charge in [0, 0.05) is 11.6 Å². The first-order valence-electron chi connectivity index (χ1n) is 6.12. The highest BCUT2D eigenvalue weighted by molar-refractivity contribution is 6.05. The van der Waals surface area contributed by atoms with Crippen LogP contribution in [0.1, 0.15) is 28.4 Å². The van der Waals surface area contributed by atoms with Gasteiger partial charge in [0.25, 0.3) is 0 Å². The van der Waals surface area contributed by atoms with E-state index in [-0.39, 0.29) is 0 Å². The zero-order chi connectivity index (χ0) is 14.0. The molecule has 1 aromatic carbocycles. The van der Waals surface area contributed by atoms with Crippen molar-refractivity contribution in [2.24, 2.45) is 5.84 Å². The quantitative estimate of drug-likeness (QED) is 0.502. The van der Waals surface area contributed by atoms with Crippen molar-refractivity contribution in [3.8, 4) is 0 Å². The fourth-order valence-corrected chi connectivity index (χ4v) is 2.03. The Labute approximate surface area is 111 Å². The standard InChI is InChI=1S/C14H17N3O2/c1-4-19-14(18)11-7-16-12-9(3)8(2)5-6-10(12)13(11)17-15/h5-7H,4,15H2,1-3H3,(H,16,17). The van der Waals surface area contributed by atoms with Gasteiger partial charge in [-0.2, -0.15) is 0 Å². The van der Waals surface area contributed by atoms with Gasteiger partial charge in [-0.25, -0.2) is 4.79 Å². The van der Waals surface area contributed by atoms with Gasteiger partial charge in [0.2, 0.25) is 0 Å². The molecule has 0 radical (unpaired) electrons. The molecular formula is C14H17N3O2. The average molecular weight is 259 g/mol. The first-order valence-corrected chi connectivity index (χ1v) is 6.12. The SMILES string of the molecule is CCOC(=O)c1cnc2c(C)c(C)ccc2c1NN. The Balaban J connectivity index is 2.70. The molecule has 2 aromatic rings. The number of aryl methyl sites for hydroxylation is 2. The summed E-state index contributed by atoms with van der Waals surface area (Å²) in [4.78, 5) is 16.2. The summed E-state index contributed by atoms with van der Waals surface area (Å²) < 4.78 is 5.00. The van der Waals surface area contributed by atoms with Crippen LogP contribution in [0.3, 0.4) is 0 Å². The van der Waals surface area contributed by atoms with Crippen LogP contribution < -0.4 is 11.3 Å². The molecule has 5 nitrogen and oxygen atoms in total. The van der Waals surface area contributed by atoms with E-state index in [9.17, 15) is 4.79 Å². The van der Waals surface area contributed by atoms with Crippen molar-refractivity contribution in [3.63, 3.8) is 0 Å². The van der Waals surface area contributed by atoms with E-state index in [2.05, 4.69) is 10.4 Å². The number of nitrogen functional groups attached to an aromatic ring is 1. The minimum absolute atomic E-state index is 0.313. The molecule has 19 heavy (non-hydrogen) atoms. The molecular weight excluding hydrogens is 242 g/mol. The van der Waals surface area contributed by atoms with Crippen molar-refractivity contribution in [2.45, 2.75) is 20.8 Å². The van der Waals surface area contributed by atoms with Gasteiger partial charge in [-0.1, -0.05) is 12.1 Å². The van der Waals surface area contributed by atoms with Crippen molar-refractivity contribution >= 4 is 22.6 Å². The van der Waals surface area contributed by atoms with Crippen LogP contribution in [0.4, 0.5) is 5.69 Å². The molecule has 1 aromatic heterocycles. The number of aromatic nitrogens is 1. The van der Waals surface area contributed by atoms with Gasteiger partial charge in [0.05, 0.1) is 17.8 Å². The predicted octanol–water partition coefficient (Wildman–Crippen LogP) is 2.31. The predicted molar refractivity (Wildman–Crippen MR) is 75.0 cm³/mol. The number of carbonyl (C=O) groups is 1. The molecule has 0 amide bonds. The third-order valence-corrected chi connectivity index (χ3v) is 3.20. The van der Waals surface area contributed by atoms with Gasteiger partial charge in [0.15, 0.2) is 0 Å². The minimum atomic E-state index is -0.428. The lowest BCUT2D eigenvalue weighted by atomic mass is 10.0. The van der Waals surface area contributed by atoms with E-state index in [4.69, 9.17) is 10.6 Å². The summed E-state index contributed by atoms with van der Waals surface area (Å²) in [5, 5.41) is 0.816. The Kier molecular flexibility index (Phi) is 3.66. The minimum Gasteiger partial charge on any atom is -0.462 e. The first kappa shape index (κ1) is 13.3. The van der Waals surface area contributed by atoms with E-state index >= 15 is 0 Å². The maximum Gasteiger partial charge on any atom is 0.341 e. The number of rotatable bonds is 3. The molecule has 0 aliphatic heterocycles. The molecule has 0 aliphatic rings. The number of hydrazine groups is 1. The smallest absolute Gasteiger partial charge is 0.341 e. The summed E-state index contributed by atoms with van der Waals surface area (Å²) in [7, 11) is 0. The van der Waals surface area contributed by atoms with Gasteiger partial charge >= 0.3 is 5.97 Å². The van der Waals surface area contributed by atoms with E-state index in [0.717, 1.165) is 22.0 Å². The summed E-state index contributed by atoms with van der Waals surface area (Å²) >= 11 is 0.